The van der Waals surface area contributed by atoms with Gasteiger partial charge in [0.05, 0.1) is 6.07 Å². The highest BCUT2D eigenvalue weighted by Crippen LogP contribution is 2.19. The third kappa shape index (κ3) is 3.94. The molecule has 0 bridgehead atoms. The van der Waals surface area contributed by atoms with Gasteiger partial charge in [0.2, 0.25) is 0 Å². The van der Waals surface area contributed by atoms with E-state index in [4.69, 9.17) is 9.44 Å². The smallest absolute Gasteiger partial charge is 0.339 e. The van der Waals surface area contributed by atoms with Crippen molar-refractivity contribution in [2.75, 3.05) is 0 Å². The topological polar surface area (TPSA) is 67.2 Å². The molecule has 0 saturated carbocycles. The highest BCUT2D eigenvalue weighted by molar-refractivity contribution is 7.87. The number of hydrogen-bond acceptors (Lipinski definition) is 4. The second kappa shape index (κ2) is 6.25. The first-order valence-electron chi connectivity index (χ1n) is 6.19. The van der Waals surface area contributed by atoms with Crippen LogP contribution in [0.15, 0.2) is 65.1 Å². The zero-order valence-electron chi connectivity index (χ0n) is 11.4. The standard InChI is InChI=1S/C16H13NO3S/c1-13(12-17)11-14-7-9-15(10-8-14)20-21(18,19)16-5-3-2-4-6-16/h2-11H,1H3/b13-11-. The van der Waals surface area contributed by atoms with Gasteiger partial charge in [0.25, 0.3) is 0 Å². The summed E-state index contributed by atoms with van der Waals surface area (Å²) >= 11 is 0. The van der Waals surface area contributed by atoms with Gasteiger partial charge in [-0.2, -0.15) is 13.7 Å². The van der Waals surface area contributed by atoms with Gasteiger partial charge >= 0.3 is 10.1 Å². The third-order valence-electron chi connectivity index (χ3n) is 2.68. The van der Waals surface area contributed by atoms with Crippen LogP contribution in [0.2, 0.25) is 0 Å². The molecule has 0 N–H and O–H groups in total. The summed E-state index contributed by atoms with van der Waals surface area (Å²) < 4.78 is 29.1. The van der Waals surface area contributed by atoms with Crippen LogP contribution in [0.3, 0.4) is 0 Å². The summed E-state index contributed by atoms with van der Waals surface area (Å²) in [4.78, 5) is 0.106. The summed E-state index contributed by atoms with van der Waals surface area (Å²) in [6, 6.07) is 16.5. The second-order valence-electron chi connectivity index (χ2n) is 4.36. The van der Waals surface area contributed by atoms with Crippen LogP contribution in [0.4, 0.5) is 0 Å². The number of nitriles is 1. The minimum Gasteiger partial charge on any atom is -0.379 e. The van der Waals surface area contributed by atoms with Crippen LogP contribution in [0.5, 0.6) is 5.75 Å². The van der Waals surface area contributed by atoms with E-state index in [0.29, 0.717) is 5.57 Å². The third-order valence-corrected chi connectivity index (χ3v) is 3.94. The van der Waals surface area contributed by atoms with E-state index in [1.807, 2.05) is 6.07 Å². The summed E-state index contributed by atoms with van der Waals surface area (Å²) in [5.74, 6) is 0.227. The minimum atomic E-state index is -3.82. The Bertz CT molecular complexity index is 786. The van der Waals surface area contributed by atoms with Crippen molar-refractivity contribution in [1.82, 2.24) is 0 Å². The minimum absolute atomic E-state index is 0.106. The Kier molecular flexibility index (Phi) is 4.41. The van der Waals surface area contributed by atoms with Gasteiger partial charge in [-0.3, -0.25) is 0 Å². The number of hydrogen-bond donors (Lipinski definition) is 0. The van der Waals surface area contributed by atoms with Gasteiger partial charge in [0.15, 0.2) is 0 Å². The average molecular weight is 299 g/mol. The highest BCUT2D eigenvalue weighted by Gasteiger charge is 2.15. The lowest BCUT2D eigenvalue weighted by Crippen LogP contribution is -2.09. The van der Waals surface area contributed by atoms with Crippen molar-refractivity contribution in [3.8, 4) is 11.8 Å². The SMILES string of the molecule is C/C(C#N)=C/c1ccc(OS(=O)(=O)c2ccccc2)cc1. The molecule has 0 amide bonds. The Morgan fingerprint density at radius 2 is 1.71 bits per heavy atom. The maximum Gasteiger partial charge on any atom is 0.339 e. The number of nitrogens with zero attached hydrogens (tertiary/aromatic N) is 1. The summed E-state index contributed by atoms with van der Waals surface area (Å²) in [5.41, 5.74) is 1.37. The Morgan fingerprint density at radius 3 is 2.29 bits per heavy atom. The molecule has 2 aromatic carbocycles. The molecule has 0 fully saturated rings. The molecule has 4 nitrogen and oxygen atoms in total. The molecule has 21 heavy (non-hydrogen) atoms. The first-order chi connectivity index (χ1) is 10.0. The Labute approximate surface area is 124 Å². The van der Waals surface area contributed by atoms with Crippen molar-refractivity contribution in [3.05, 3.63) is 65.7 Å². The lowest BCUT2D eigenvalue weighted by molar-refractivity contribution is 0.486. The quantitative estimate of drug-likeness (QED) is 0.641. The Morgan fingerprint density at radius 1 is 1.10 bits per heavy atom. The molecule has 0 atom stereocenters. The fourth-order valence-corrected chi connectivity index (χ4v) is 2.62. The molecule has 0 spiro atoms. The van der Waals surface area contributed by atoms with Gasteiger partial charge in [0, 0.05) is 5.57 Å². The van der Waals surface area contributed by atoms with E-state index in [9.17, 15) is 8.42 Å². The average Bonchev–Trinajstić information content (AvgIpc) is 2.50. The van der Waals surface area contributed by atoms with E-state index in [1.54, 1.807) is 55.5 Å². The van der Waals surface area contributed by atoms with Crippen molar-refractivity contribution >= 4 is 16.2 Å². The maximum atomic E-state index is 12.0. The van der Waals surface area contributed by atoms with Crippen LogP contribution < -0.4 is 4.18 Å². The highest BCUT2D eigenvalue weighted by atomic mass is 32.2. The number of benzene rings is 2. The van der Waals surface area contributed by atoms with Crippen molar-refractivity contribution in [3.63, 3.8) is 0 Å². The number of rotatable bonds is 4. The molecular formula is C16H13NO3S. The second-order valence-corrected chi connectivity index (χ2v) is 5.91. The normalized spacial score (nSPS) is 11.7. The van der Waals surface area contributed by atoms with E-state index in [-0.39, 0.29) is 10.6 Å². The predicted molar refractivity (Wildman–Crippen MR) is 80.0 cm³/mol. The lowest BCUT2D eigenvalue weighted by atomic mass is 10.1. The van der Waals surface area contributed by atoms with E-state index < -0.39 is 10.1 Å². The summed E-state index contributed by atoms with van der Waals surface area (Å²) in [6.45, 7) is 1.70. The number of allylic oxidation sites excluding steroid dienone is 1. The van der Waals surface area contributed by atoms with E-state index >= 15 is 0 Å². The van der Waals surface area contributed by atoms with Crippen LogP contribution >= 0.6 is 0 Å². The first-order valence-corrected chi connectivity index (χ1v) is 7.60. The zero-order chi connectivity index (χ0) is 15.3. The van der Waals surface area contributed by atoms with E-state index in [2.05, 4.69) is 0 Å². The molecule has 0 saturated heterocycles. The largest absolute Gasteiger partial charge is 0.379 e. The van der Waals surface area contributed by atoms with Gasteiger partial charge in [-0.15, -0.1) is 0 Å². The van der Waals surface area contributed by atoms with Gasteiger partial charge in [-0.05, 0) is 42.8 Å². The molecule has 0 radical (unpaired) electrons. The van der Waals surface area contributed by atoms with Crippen molar-refractivity contribution in [2.24, 2.45) is 0 Å². The predicted octanol–water partition coefficient (Wildman–Crippen LogP) is 3.38. The van der Waals surface area contributed by atoms with Gasteiger partial charge in [-0.1, -0.05) is 30.3 Å². The van der Waals surface area contributed by atoms with Crippen LogP contribution in [-0.4, -0.2) is 8.42 Å². The molecule has 2 rings (SSSR count). The lowest BCUT2D eigenvalue weighted by Gasteiger charge is -2.07. The maximum absolute atomic E-state index is 12.0. The molecule has 2 aromatic rings. The summed E-state index contributed by atoms with van der Waals surface area (Å²) in [7, 11) is -3.82. The first kappa shape index (κ1) is 14.8. The molecule has 0 aliphatic carbocycles. The van der Waals surface area contributed by atoms with Crippen LogP contribution in [0, 0.1) is 11.3 Å². The fourth-order valence-electron chi connectivity index (χ4n) is 1.66. The van der Waals surface area contributed by atoms with Crippen LogP contribution in [-0.2, 0) is 10.1 Å². The summed E-state index contributed by atoms with van der Waals surface area (Å²) in [5, 5.41) is 8.71. The van der Waals surface area contributed by atoms with Crippen LogP contribution in [0.1, 0.15) is 12.5 Å². The van der Waals surface area contributed by atoms with Gasteiger partial charge in [0.1, 0.15) is 10.6 Å². The fraction of sp³-hybridized carbons (Fsp3) is 0.0625. The van der Waals surface area contributed by atoms with Crippen molar-refractivity contribution in [2.45, 2.75) is 11.8 Å². The molecule has 0 aliphatic rings. The van der Waals surface area contributed by atoms with Crippen LogP contribution in [0.25, 0.3) is 6.08 Å². The van der Waals surface area contributed by atoms with Gasteiger partial charge in [-0.25, -0.2) is 0 Å². The van der Waals surface area contributed by atoms with Crippen molar-refractivity contribution < 1.29 is 12.6 Å². The monoisotopic (exact) mass is 299 g/mol. The molecule has 0 aliphatic heterocycles. The Balaban J connectivity index is 2.20. The molecular weight excluding hydrogens is 286 g/mol. The molecule has 0 unspecified atom stereocenters. The Hall–Kier alpha value is -2.58. The molecule has 5 heteroatoms. The molecule has 106 valence electrons. The zero-order valence-corrected chi connectivity index (χ0v) is 12.2. The van der Waals surface area contributed by atoms with Crippen molar-refractivity contribution in [1.29, 1.82) is 5.26 Å². The molecule has 0 heterocycles. The van der Waals surface area contributed by atoms with E-state index in [1.165, 1.54) is 12.1 Å². The molecule has 0 aromatic heterocycles. The van der Waals surface area contributed by atoms with Gasteiger partial charge < -0.3 is 4.18 Å². The van der Waals surface area contributed by atoms with E-state index in [0.717, 1.165) is 5.56 Å². The summed E-state index contributed by atoms with van der Waals surface area (Å²) in [6.07, 6.45) is 1.70.